The molecule has 2 N–H and O–H groups in total. The normalized spacial score (nSPS) is 10.6. The van der Waals surface area contributed by atoms with E-state index in [0.717, 1.165) is 28.2 Å². The number of nitrogens with one attached hydrogen (secondary N) is 2. The summed E-state index contributed by atoms with van der Waals surface area (Å²) in [6.07, 6.45) is 1.50. The van der Waals surface area contributed by atoms with Gasteiger partial charge in [-0.2, -0.15) is 0 Å². The summed E-state index contributed by atoms with van der Waals surface area (Å²) in [5.74, 6) is 0.363. The van der Waals surface area contributed by atoms with Crippen LogP contribution in [0, 0.1) is 6.92 Å². The van der Waals surface area contributed by atoms with Gasteiger partial charge in [0, 0.05) is 11.4 Å². The van der Waals surface area contributed by atoms with Crippen molar-refractivity contribution >= 4 is 28.5 Å². The first-order valence-electron chi connectivity index (χ1n) is 6.43. The molecule has 6 nitrogen and oxygen atoms in total. The van der Waals surface area contributed by atoms with Crippen molar-refractivity contribution in [3.63, 3.8) is 0 Å². The number of ether oxygens (including phenoxy) is 1. The van der Waals surface area contributed by atoms with Gasteiger partial charge in [-0.1, -0.05) is 0 Å². The summed E-state index contributed by atoms with van der Waals surface area (Å²) in [5.41, 5.74) is 3.15. The Bertz CT molecular complexity index is 793. The minimum atomic E-state index is -0.354. The summed E-state index contributed by atoms with van der Waals surface area (Å²) in [6.45, 7) is 1.97. The van der Waals surface area contributed by atoms with Gasteiger partial charge < -0.3 is 15.0 Å². The molecule has 0 saturated carbocycles. The molecule has 1 aromatic carbocycles. The van der Waals surface area contributed by atoms with E-state index >= 15 is 0 Å². The molecule has 0 unspecified atom stereocenters. The lowest BCUT2D eigenvalue weighted by molar-refractivity contribution is 0.0601. The molecule has 3 rings (SSSR count). The second-order valence-corrected chi connectivity index (χ2v) is 4.63. The topological polar surface area (TPSA) is 79.9 Å². The number of benzene rings is 1. The fraction of sp³-hybridized carbons (Fsp3) is 0.133. The maximum Gasteiger partial charge on any atom is 0.337 e. The second kappa shape index (κ2) is 5.24. The van der Waals surface area contributed by atoms with Gasteiger partial charge in [-0.05, 0) is 37.3 Å². The van der Waals surface area contributed by atoms with E-state index in [1.807, 2.05) is 13.0 Å². The second-order valence-electron chi connectivity index (χ2n) is 4.63. The zero-order valence-electron chi connectivity index (χ0n) is 11.7. The van der Waals surface area contributed by atoms with E-state index in [2.05, 4.69) is 25.0 Å². The van der Waals surface area contributed by atoms with E-state index < -0.39 is 0 Å². The minimum Gasteiger partial charge on any atom is -0.465 e. The van der Waals surface area contributed by atoms with Crippen LogP contribution in [0.5, 0.6) is 0 Å². The van der Waals surface area contributed by atoms with E-state index in [1.54, 1.807) is 24.3 Å². The monoisotopic (exact) mass is 282 g/mol. The molecule has 0 aliphatic carbocycles. The van der Waals surface area contributed by atoms with Crippen molar-refractivity contribution in [3.05, 3.63) is 47.9 Å². The number of carbonyl (C=O) groups is 1. The lowest BCUT2D eigenvalue weighted by Crippen LogP contribution is -2.01. The molecule has 106 valence electrons. The highest BCUT2D eigenvalue weighted by atomic mass is 16.5. The third-order valence-electron chi connectivity index (χ3n) is 3.13. The molecule has 0 spiro atoms. The highest BCUT2D eigenvalue weighted by Gasteiger charge is 2.08. The van der Waals surface area contributed by atoms with Gasteiger partial charge in [0.1, 0.15) is 17.8 Å². The van der Waals surface area contributed by atoms with E-state index in [1.165, 1.54) is 13.4 Å². The minimum absolute atomic E-state index is 0.354. The molecule has 21 heavy (non-hydrogen) atoms. The highest BCUT2D eigenvalue weighted by Crippen LogP contribution is 2.23. The number of anilines is 2. The Labute approximate surface area is 121 Å². The third kappa shape index (κ3) is 2.55. The predicted molar refractivity (Wildman–Crippen MR) is 79.7 cm³/mol. The first-order valence-corrected chi connectivity index (χ1v) is 6.43. The van der Waals surface area contributed by atoms with Gasteiger partial charge in [0.25, 0.3) is 0 Å². The van der Waals surface area contributed by atoms with Crippen molar-refractivity contribution in [2.45, 2.75) is 6.92 Å². The van der Waals surface area contributed by atoms with Crippen LogP contribution in [0.4, 0.5) is 11.5 Å². The molecule has 0 aliphatic rings. The van der Waals surface area contributed by atoms with Gasteiger partial charge in [-0.15, -0.1) is 0 Å². The first-order chi connectivity index (χ1) is 10.2. The van der Waals surface area contributed by atoms with Crippen LogP contribution in [0.15, 0.2) is 36.7 Å². The Morgan fingerprint density at radius 3 is 2.71 bits per heavy atom. The summed E-state index contributed by atoms with van der Waals surface area (Å²) in [5, 5.41) is 4.14. The number of aryl methyl sites for hydroxylation is 1. The van der Waals surface area contributed by atoms with Crippen molar-refractivity contribution in [1.29, 1.82) is 0 Å². The Hall–Kier alpha value is -2.89. The third-order valence-corrected chi connectivity index (χ3v) is 3.13. The van der Waals surface area contributed by atoms with E-state index in [-0.39, 0.29) is 5.97 Å². The number of rotatable bonds is 3. The quantitative estimate of drug-likeness (QED) is 0.722. The van der Waals surface area contributed by atoms with Crippen LogP contribution in [-0.4, -0.2) is 28.0 Å². The lowest BCUT2D eigenvalue weighted by atomic mass is 10.2. The Morgan fingerprint density at radius 1 is 1.24 bits per heavy atom. The maximum atomic E-state index is 11.4. The maximum absolute atomic E-state index is 11.4. The van der Waals surface area contributed by atoms with Crippen molar-refractivity contribution in [2.75, 3.05) is 12.4 Å². The van der Waals surface area contributed by atoms with Gasteiger partial charge in [-0.3, -0.25) is 0 Å². The molecule has 6 heteroatoms. The fourth-order valence-corrected chi connectivity index (χ4v) is 2.12. The van der Waals surface area contributed by atoms with Crippen LogP contribution in [0.2, 0.25) is 0 Å². The number of aromatic nitrogens is 3. The summed E-state index contributed by atoms with van der Waals surface area (Å²) in [6, 6.07) is 9.00. The van der Waals surface area contributed by atoms with Gasteiger partial charge in [0.05, 0.1) is 18.1 Å². The number of fused-ring (bicyclic) bond motifs is 1. The van der Waals surface area contributed by atoms with Gasteiger partial charge >= 0.3 is 5.97 Å². The van der Waals surface area contributed by atoms with Crippen molar-refractivity contribution in [1.82, 2.24) is 15.0 Å². The number of nitrogens with zero attached hydrogens (tertiary/aromatic N) is 2. The van der Waals surface area contributed by atoms with Gasteiger partial charge in [-0.25, -0.2) is 14.8 Å². The molecule has 0 bridgehead atoms. The number of carbonyl (C=O) groups excluding carboxylic acids is 1. The average Bonchev–Trinajstić information content (AvgIpc) is 2.88. The molecular weight excluding hydrogens is 268 g/mol. The Balaban J connectivity index is 1.90. The van der Waals surface area contributed by atoms with Gasteiger partial charge in [0.15, 0.2) is 0 Å². The highest BCUT2D eigenvalue weighted by molar-refractivity contribution is 5.91. The Morgan fingerprint density at radius 2 is 2.00 bits per heavy atom. The van der Waals surface area contributed by atoms with Crippen molar-refractivity contribution < 1.29 is 9.53 Å². The van der Waals surface area contributed by atoms with Crippen molar-refractivity contribution in [2.24, 2.45) is 0 Å². The molecule has 0 aliphatic heterocycles. The standard InChI is InChI=1S/C15H14N4O2/c1-9-7-12-13(18-9)16-8-17-14(12)19-11-5-3-10(4-6-11)15(20)21-2/h3-8H,1-2H3,(H2,16,17,18,19). The van der Waals surface area contributed by atoms with Gasteiger partial charge in [0.2, 0.25) is 0 Å². The number of hydrogen-bond donors (Lipinski definition) is 2. The zero-order valence-corrected chi connectivity index (χ0v) is 11.7. The van der Waals surface area contributed by atoms with E-state index in [4.69, 9.17) is 0 Å². The molecule has 0 fully saturated rings. The zero-order chi connectivity index (χ0) is 14.8. The van der Waals surface area contributed by atoms with Crippen LogP contribution in [0.25, 0.3) is 11.0 Å². The van der Waals surface area contributed by atoms with Crippen LogP contribution in [0.1, 0.15) is 16.1 Å². The van der Waals surface area contributed by atoms with Crippen LogP contribution in [0.3, 0.4) is 0 Å². The van der Waals surface area contributed by atoms with E-state index in [0.29, 0.717) is 5.56 Å². The number of H-pyrrole nitrogens is 1. The smallest absolute Gasteiger partial charge is 0.337 e. The molecule has 0 radical (unpaired) electrons. The SMILES string of the molecule is COC(=O)c1ccc(Nc2ncnc3[nH]c(C)cc23)cc1. The number of hydrogen-bond acceptors (Lipinski definition) is 5. The largest absolute Gasteiger partial charge is 0.465 e. The van der Waals surface area contributed by atoms with Crippen LogP contribution >= 0.6 is 0 Å². The summed E-state index contributed by atoms with van der Waals surface area (Å²) in [4.78, 5) is 23.0. The number of esters is 1. The van der Waals surface area contributed by atoms with Crippen LogP contribution in [-0.2, 0) is 4.74 Å². The molecule has 2 aromatic heterocycles. The predicted octanol–water partition coefficient (Wildman–Crippen LogP) is 2.80. The summed E-state index contributed by atoms with van der Waals surface area (Å²) < 4.78 is 4.67. The summed E-state index contributed by atoms with van der Waals surface area (Å²) >= 11 is 0. The first kappa shape index (κ1) is 13.1. The molecule has 2 heterocycles. The van der Waals surface area contributed by atoms with Crippen molar-refractivity contribution in [3.8, 4) is 0 Å². The van der Waals surface area contributed by atoms with E-state index in [9.17, 15) is 4.79 Å². The lowest BCUT2D eigenvalue weighted by Gasteiger charge is -2.07. The molecular formula is C15H14N4O2. The average molecular weight is 282 g/mol. The molecule has 0 saturated heterocycles. The Kier molecular flexibility index (Phi) is 3.27. The molecule has 0 atom stereocenters. The number of aromatic amines is 1. The van der Waals surface area contributed by atoms with Crippen LogP contribution < -0.4 is 5.32 Å². The number of methoxy groups -OCH3 is 1. The molecule has 3 aromatic rings. The molecule has 0 amide bonds. The fourth-order valence-electron chi connectivity index (χ4n) is 2.12. The summed E-state index contributed by atoms with van der Waals surface area (Å²) in [7, 11) is 1.36.